The van der Waals surface area contributed by atoms with E-state index in [-0.39, 0.29) is 12.2 Å². The summed E-state index contributed by atoms with van der Waals surface area (Å²) in [5, 5.41) is 9.53. The maximum Gasteiger partial charge on any atom is 0.341 e. The fraction of sp³-hybridized carbons (Fsp3) is 0.417. The highest BCUT2D eigenvalue weighted by atomic mass is 19.1. The van der Waals surface area contributed by atoms with Crippen LogP contribution in [0.1, 0.15) is 31.5 Å². The van der Waals surface area contributed by atoms with Crippen LogP contribution >= 0.6 is 0 Å². The molecule has 0 radical (unpaired) electrons. The van der Waals surface area contributed by atoms with E-state index in [0.29, 0.717) is 34.4 Å². The second-order valence-electron chi connectivity index (χ2n) is 8.94. The molecule has 9 heteroatoms. The van der Waals surface area contributed by atoms with Crippen LogP contribution in [-0.4, -0.2) is 45.3 Å². The van der Waals surface area contributed by atoms with Crippen LogP contribution in [-0.2, 0) is 18.3 Å². The van der Waals surface area contributed by atoms with E-state index in [1.54, 1.807) is 13.1 Å². The smallest absolute Gasteiger partial charge is 0.341 e. The van der Waals surface area contributed by atoms with Crippen LogP contribution in [0.15, 0.2) is 35.3 Å². The van der Waals surface area contributed by atoms with Crippen molar-refractivity contribution >= 4 is 22.8 Å². The van der Waals surface area contributed by atoms with E-state index in [0.717, 1.165) is 25.1 Å². The number of nitrogens with zero attached hydrogens (tertiary/aromatic N) is 4. The number of hydrogen-bond donors (Lipinski definition) is 1. The highest BCUT2D eigenvalue weighted by molar-refractivity contribution is 5.81. The first-order valence-electron chi connectivity index (χ1n) is 10.9. The van der Waals surface area contributed by atoms with E-state index in [2.05, 4.69) is 28.7 Å². The van der Waals surface area contributed by atoms with Crippen molar-refractivity contribution in [2.75, 3.05) is 24.6 Å². The summed E-state index contributed by atoms with van der Waals surface area (Å²) in [5.74, 6) is -0.0990. The van der Waals surface area contributed by atoms with Gasteiger partial charge < -0.3 is 19.3 Å². The van der Waals surface area contributed by atoms with Gasteiger partial charge in [-0.05, 0) is 42.0 Å². The van der Waals surface area contributed by atoms with Gasteiger partial charge in [0.2, 0.25) is 5.95 Å². The van der Waals surface area contributed by atoms with E-state index >= 15 is 0 Å². The lowest BCUT2D eigenvalue weighted by atomic mass is 9.92. The molecule has 2 atom stereocenters. The standard InChI is InChI=1S/C24H27FN4O4/c1-14-6-15(2)12-29(11-14)24-26-10-18(25)19(27-24)8-16-4-5-20-17(7-16)9-21(23(32)28(20)3)33-13-22(30)31/h4-5,7,9-10,14-15H,6,8,11-13H2,1-3H3,(H,30,31)/t14-,15+. The molecule has 0 unspecified atom stereocenters. The van der Waals surface area contributed by atoms with Gasteiger partial charge in [-0.3, -0.25) is 4.79 Å². The van der Waals surface area contributed by atoms with Crippen LogP contribution in [0.4, 0.5) is 10.3 Å². The summed E-state index contributed by atoms with van der Waals surface area (Å²) in [6, 6.07) is 6.95. The van der Waals surface area contributed by atoms with E-state index in [1.807, 2.05) is 12.1 Å². The van der Waals surface area contributed by atoms with Gasteiger partial charge in [-0.15, -0.1) is 0 Å². The van der Waals surface area contributed by atoms with Gasteiger partial charge in [0.1, 0.15) is 0 Å². The Morgan fingerprint density at radius 3 is 2.67 bits per heavy atom. The number of halogens is 1. The van der Waals surface area contributed by atoms with Crippen LogP contribution in [0.25, 0.3) is 10.9 Å². The fourth-order valence-electron chi connectivity index (χ4n) is 4.54. The third-order valence-electron chi connectivity index (χ3n) is 5.93. The molecule has 1 saturated heterocycles. The largest absolute Gasteiger partial charge is 0.479 e. The highest BCUT2D eigenvalue weighted by Crippen LogP contribution is 2.25. The average Bonchev–Trinajstić information content (AvgIpc) is 2.76. The molecule has 2 aromatic heterocycles. The SMILES string of the molecule is C[C@@H]1C[C@H](C)CN(c2ncc(F)c(Cc3ccc4c(c3)cc(OCC(=O)O)c(=O)n4C)n2)C1. The van der Waals surface area contributed by atoms with Gasteiger partial charge in [-0.25, -0.2) is 19.2 Å². The number of rotatable bonds is 6. The Balaban J connectivity index is 1.64. The number of pyridine rings is 1. The quantitative estimate of drug-likeness (QED) is 0.611. The van der Waals surface area contributed by atoms with Crippen molar-refractivity contribution in [2.24, 2.45) is 18.9 Å². The molecule has 8 nitrogen and oxygen atoms in total. The molecule has 33 heavy (non-hydrogen) atoms. The van der Waals surface area contributed by atoms with Crippen LogP contribution in [0.5, 0.6) is 5.75 Å². The molecule has 0 bridgehead atoms. The molecular formula is C24H27FN4O4. The van der Waals surface area contributed by atoms with E-state index in [9.17, 15) is 14.0 Å². The lowest BCUT2D eigenvalue weighted by Gasteiger charge is -2.35. The molecule has 0 saturated carbocycles. The zero-order valence-electron chi connectivity index (χ0n) is 18.9. The average molecular weight is 455 g/mol. The lowest BCUT2D eigenvalue weighted by molar-refractivity contribution is -0.139. The van der Waals surface area contributed by atoms with Crippen LogP contribution in [0.3, 0.4) is 0 Å². The van der Waals surface area contributed by atoms with Crippen molar-refractivity contribution in [1.29, 1.82) is 0 Å². The molecule has 3 aromatic rings. The Morgan fingerprint density at radius 1 is 1.24 bits per heavy atom. The van der Waals surface area contributed by atoms with Gasteiger partial charge in [0, 0.05) is 31.9 Å². The summed E-state index contributed by atoms with van der Waals surface area (Å²) < 4.78 is 21.1. The van der Waals surface area contributed by atoms with Crippen molar-refractivity contribution in [3.63, 3.8) is 0 Å². The summed E-state index contributed by atoms with van der Waals surface area (Å²) in [6.45, 7) is 5.48. The molecule has 1 N–H and O–H groups in total. The number of piperidine rings is 1. The van der Waals surface area contributed by atoms with Crippen molar-refractivity contribution in [3.8, 4) is 5.75 Å². The number of carbonyl (C=O) groups is 1. The highest BCUT2D eigenvalue weighted by Gasteiger charge is 2.24. The number of aromatic nitrogens is 3. The third-order valence-corrected chi connectivity index (χ3v) is 5.93. The number of fused-ring (bicyclic) bond motifs is 1. The summed E-state index contributed by atoms with van der Waals surface area (Å²) >= 11 is 0. The molecule has 0 spiro atoms. The summed E-state index contributed by atoms with van der Waals surface area (Å²) in [7, 11) is 1.59. The number of carboxylic acids is 1. The topological polar surface area (TPSA) is 97.6 Å². The van der Waals surface area contributed by atoms with E-state index in [4.69, 9.17) is 9.84 Å². The predicted octanol–water partition coefficient (Wildman–Crippen LogP) is 3.00. The van der Waals surface area contributed by atoms with Crippen LogP contribution in [0, 0.1) is 17.7 Å². The Kier molecular flexibility index (Phi) is 6.31. The first-order chi connectivity index (χ1) is 15.7. The van der Waals surface area contributed by atoms with Gasteiger partial charge in [0.05, 0.1) is 17.4 Å². The number of benzene rings is 1. The maximum absolute atomic E-state index is 14.6. The Labute approximate surface area is 190 Å². The third kappa shape index (κ3) is 4.97. The van der Waals surface area contributed by atoms with Crippen molar-refractivity contribution in [1.82, 2.24) is 14.5 Å². The summed E-state index contributed by atoms with van der Waals surface area (Å²) in [4.78, 5) is 34.1. The van der Waals surface area contributed by atoms with Gasteiger partial charge in [-0.1, -0.05) is 19.9 Å². The number of hydrogen-bond acceptors (Lipinski definition) is 6. The predicted molar refractivity (Wildman–Crippen MR) is 122 cm³/mol. The second-order valence-corrected chi connectivity index (χ2v) is 8.94. The van der Waals surface area contributed by atoms with Crippen LogP contribution in [0.2, 0.25) is 0 Å². The Hall–Kier alpha value is -3.49. The maximum atomic E-state index is 14.6. The molecule has 0 amide bonds. The van der Waals surface area contributed by atoms with E-state index < -0.39 is 24.0 Å². The molecule has 1 aliphatic rings. The Bertz CT molecular complexity index is 1250. The monoisotopic (exact) mass is 454 g/mol. The van der Waals surface area contributed by atoms with Crippen LogP contribution < -0.4 is 15.2 Å². The minimum Gasteiger partial charge on any atom is -0.479 e. The minimum atomic E-state index is -1.17. The lowest BCUT2D eigenvalue weighted by Crippen LogP contribution is -2.39. The first-order valence-corrected chi connectivity index (χ1v) is 10.9. The number of aliphatic carboxylic acids is 1. The number of aryl methyl sites for hydroxylation is 1. The number of carboxylic acid groups (broad SMARTS) is 1. The first kappa shape index (κ1) is 22.7. The summed E-state index contributed by atoms with van der Waals surface area (Å²) in [6.07, 6.45) is 2.64. The second kappa shape index (κ2) is 9.17. The normalized spacial score (nSPS) is 18.5. The van der Waals surface area contributed by atoms with Crippen molar-refractivity contribution in [2.45, 2.75) is 26.7 Å². The van der Waals surface area contributed by atoms with Crippen molar-refractivity contribution in [3.05, 3.63) is 57.9 Å². The molecule has 1 fully saturated rings. The molecular weight excluding hydrogens is 427 g/mol. The minimum absolute atomic E-state index is 0.0478. The van der Waals surface area contributed by atoms with Crippen molar-refractivity contribution < 1.29 is 19.0 Å². The molecule has 4 rings (SSSR count). The zero-order chi connectivity index (χ0) is 23.7. The molecule has 1 aromatic carbocycles. The molecule has 0 aliphatic carbocycles. The van der Waals surface area contributed by atoms with Gasteiger partial charge in [-0.2, -0.15) is 0 Å². The fourth-order valence-corrected chi connectivity index (χ4v) is 4.54. The number of anilines is 1. The molecule has 3 heterocycles. The summed E-state index contributed by atoms with van der Waals surface area (Å²) in [5.41, 5.74) is 1.34. The Morgan fingerprint density at radius 2 is 1.97 bits per heavy atom. The van der Waals surface area contributed by atoms with Gasteiger partial charge >= 0.3 is 5.97 Å². The molecule has 174 valence electrons. The zero-order valence-corrected chi connectivity index (χ0v) is 18.9. The number of ether oxygens (including phenoxy) is 1. The van der Waals surface area contributed by atoms with Gasteiger partial charge in [0.25, 0.3) is 5.56 Å². The van der Waals surface area contributed by atoms with Gasteiger partial charge in [0.15, 0.2) is 18.2 Å². The molecule has 1 aliphatic heterocycles. The van der Waals surface area contributed by atoms with E-state index in [1.165, 1.54) is 16.8 Å².